The number of hydrogen-bond donors (Lipinski definition) is 1. The number of piperazine rings is 1. The maximum atomic E-state index is 12.6. The van der Waals surface area contributed by atoms with Crippen molar-refractivity contribution >= 4 is 29.6 Å². The predicted molar refractivity (Wildman–Crippen MR) is 134 cm³/mol. The molecule has 1 aromatic rings. The van der Waals surface area contributed by atoms with Gasteiger partial charge in [0, 0.05) is 44.0 Å². The van der Waals surface area contributed by atoms with Crippen molar-refractivity contribution in [1.29, 1.82) is 0 Å². The van der Waals surface area contributed by atoms with Gasteiger partial charge in [-0.25, -0.2) is 20.1 Å². The van der Waals surface area contributed by atoms with Gasteiger partial charge in [-0.3, -0.25) is 24.3 Å². The number of hydroxylamine groups is 1. The quantitative estimate of drug-likeness (QED) is 0.357. The van der Waals surface area contributed by atoms with Gasteiger partial charge in [0.05, 0.1) is 26.2 Å². The van der Waals surface area contributed by atoms with E-state index in [9.17, 15) is 14.4 Å². The molecule has 0 bridgehead atoms. The van der Waals surface area contributed by atoms with Crippen LogP contribution in [0.1, 0.15) is 32.8 Å². The predicted octanol–water partition coefficient (Wildman–Crippen LogP) is 1.14. The fraction of sp³-hybridized carbons (Fsp3) is 0.600. The molecule has 4 rings (SSSR count). The van der Waals surface area contributed by atoms with Gasteiger partial charge in [0.25, 0.3) is 0 Å². The molecule has 37 heavy (non-hydrogen) atoms. The first-order chi connectivity index (χ1) is 17.9. The van der Waals surface area contributed by atoms with Crippen molar-refractivity contribution in [2.24, 2.45) is 4.99 Å². The Morgan fingerprint density at radius 2 is 1.81 bits per heavy atom. The molecule has 0 radical (unpaired) electrons. The number of amidine groups is 1. The van der Waals surface area contributed by atoms with Crippen molar-refractivity contribution in [3.05, 3.63) is 29.8 Å². The highest BCUT2D eigenvalue weighted by Gasteiger charge is 2.36. The van der Waals surface area contributed by atoms with Crippen LogP contribution in [-0.2, 0) is 28.6 Å². The van der Waals surface area contributed by atoms with Crippen molar-refractivity contribution in [1.82, 2.24) is 15.3 Å². The van der Waals surface area contributed by atoms with Crippen LogP contribution in [0.15, 0.2) is 29.3 Å². The van der Waals surface area contributed by atoms with E-state index in [1.807, 2.05) is 36.1 Å². The molecule has 2 saturated heterocycles. The van der Waals surface area contributed by atoms with E-state index in [1.54, 1.807) is 18.7 Å². The molecule has 3 unspecified atom stereocenters. The van der Waals surface area contributed by atoms with Crippen molar-refractivity contribution < 1.29 is 33.4 Å². The molecule has 3 heterocycles. The van der Waals surface area contributed by atoms with Gasteiger partial charge in [-0.1, -0.05) is 0 Å². The number of esters is 2. The first-order valence-corrected chi connectivity index (χ1v) is 12.7. The minimum atomic E-state index is -0.663. The highest BCUT2D eigenvalue weighted by molar-refractivity contribution is 5.99. The average Bonchev–Trinajstić information content (AvgIpc) is 3.48. The summed E-state index contributed by atoms with van der Waals surface area (Å²) in [6.07, 6.45) is -0.911. The molecular weight excluding hydrogens is 482 g/mol. The number of carbonyl (C=O) groups is 3. The lowest BCUT2D eigenvalue weighted by molar-refractivity contribution is -0.157. The van der Waals surface area contributed by atoms with Crippen LogP contribution in [0.25, 0.3) is 0 Å². The second-order valence-corrected chi connectivity index (χ2v) is 9.07. The molecule has 202 valence electrons. The van der Waals surface area contributed by atoms with E-state index in [2.05, 4.69) is 15.4 Å². The molecule has 12 heteroatoms. The van der Waals surface area contributed by atoms with Gasteiger partial charge in [-0.2, -0.15) is 0 Å². The SMILES string of the molecule is CCOC(=O)CC(C(=O)OCC)N1CCN(CC2CN(c3ccc(C4=NC(C)ON4)cc3)C(=O)O2)CC1. The Bertz CT molecular complexity index is 994. The zero-order valence-electron chi connectivity index (χ0n) is 21.6. The zero-order chi connectivity index (χ0) is 26.4. The summed E-state index contributed by atoms with van der Waals surface area (Å²) < 4.78 is 15.9. The Labute approximate surface area is 216 Å². The summed E-state index contributed by atoms with van der Waals surface area (Å²) >= 11 is 0. The topological polar surface area (TPSA) is 122 Å². The van der Waals surface area contributed by atoms with Crippen LogP contribution < -0.4 is 10.4 Å². The number of nitrogens with zero attached hydrogens (tertiary/aromatic N) is 4. The van der Waals surface area contributed by atoms with E-state index in [-0.39, 0.29) is 38.1 Å². The summed E-state index contributed by atoms with van der Waals surface area (Å²) in [6.45, 7) is 9.43. The summed E-state index contributed by atoms with van der Waals surface area (Å²) in [6, 6.07) is 6.84. The number of ether oxygens (including phenoxy) is 3. The van der Waals surface area contributed by atoms with Crippen LogP contribution in [0.3, 0.4) is 0 Å². The third kappa shape index (κ3) is 6.76. The summed E-state index contributed by atoms with van der Waals surface area (Å²) in [5.41, 5.74) is 4.43. The Kier molecular flexibility index (Phi) is 8.95. The maximum Gasteiger partial charge on any atom is 0.414 e. The van der Waals surface area contributed by atoms with E-state index in [0.717, 1.165) is 11.3 Å². The van der Waals surface area contributed by atoms with Gasteiger partial charge in [0.15, 0.2) is 12.1 Å². The lowest BCUT2D eigenvalue weighted by Crippen LogP contribution is -2.54. The monoisotopic (exact) mass is 517 g/mol. The van der Waals surface area contributed by atoms with Gasteiger partial charge in [0.1, 0.15) is 12.1 Å². The van der Waals surface area contributed by atoms with E-state index in [1.165, 1.54) is 0 Å². The zero-order valence-corrected chi connectivity index (χ0v) is 21.6. The second-order valence-electron chi connectivity index (χ2n) is 9.07. The van der Waals surface area contributed by atoms with Crippen LogP contribution in [0.4, 0.5) is 10.5 Å². The molecule has 0 saturated carbocycles. The summed E-state index contributed by atoms with van der Waals surface area (Å²) in [4.78, 5) is 52.5. The Balaban J connectivity index is 1.28. The first kappa shape index (κ1) is 26.8. The Hall–Kier alpha value is -3.22. The summed E-state index contributed by atoms with van der Waals surface area (Å²) in [7, 11) is 0. The van der Waals surface area contributed by atoms with Crippen molar-refractivity contribution in [3.8, 4) is 0 Å². The van der Waals surface area contributed by atoms with E-state index < -0.39 is 18.0 Å². The van der Waals surface area contributed by atoms with Crippen molar-refractivity contribution in [3.63, 3.8) is 0 Å². The molecule has 2 fully saturated rings. The number of amides is 1. The van der Waals surface area contributed by atoms with Crippen LogP contribution in [0.5, 0.6) is 0 Å². The molecule has 12 nitrogen and oxygen atoms in total. The average molecular weight is 518 g/mol. The van der Waals surface area contributed by atoms with Crippen LogP contribution in [-0.4, -0.2) is 105 Å². The molecule has 1 N–H and O–H groups in total. The minimum absolute atomic E-state index is 0.0316. The van der Waals surface area contributed by atoms with Crippen LogP contribution in [0, 0.1) is 0 Å². The number of nitrogens with one attached hydrogen (secondary N) is 1. The van der Waals surface area contributed by atoms with Gasteiger partial charge in [-0.05, 0) is 45.0 Å². The molecule has 3 aliphatic rings. The molecule has 0 aliphatic carbocycles. The molecule has 1 aromatic carbocycles. The van der Waals surface area contributed by atoms with Crippen LogP contribution >= 0.6 is 0 Å². The van der Waals surface area contributed by atoms with E-state index in [4.69, 9.17) is 19.0 Å². The molecule has 0 spiro atoms. The van der Waals surface area contributed by atoms with Crippen molar-refractivity contribution in [2.45, 2.75) is 45.6 Å². The van der Waals surface area contributed by atoms with Crippen LogP contribution in [0.2, 0.25) is 0 Å². The first-order valence-electron chi connectivity index (χ1n) is 12.7. The fourth-order valence-corrected chi connectivity index (χ4v) is 4.66. The molecule has 1 amide bonds. The number of aliphatic imine (C=N–C) groups is 1. The van der Waals surface area contributed by atoms with E-state index >= 15 is 0 Å². The smallest absolute Gasteiger partial charge is 0.414 e. The third-order valence-electron chi connectivity index (χ3n) is 6.50. The normalized spacial score (nSPS) is 23.3. The molecular formula is C25H35N5O7. The minimum Gasteiger partial charge on any atom is -0.466 e. The molecule has 3 aliphatic heterocycles. The fourth-order valence-electron chi connectivity index (χ4n) is 4.66. The Morgan fingerprint density at radius 3 is 2.43 bits per heavy atom. The second kappa shape index (κ2) is 12.3. The van der Waals surface area contributed by atoms with E-state index in [0.29, 0.717) is 45.1 Å². The van der Waals surface area contributed by atoms with Gasteiger partial charge in [-0.15, -0.1) is 0 Å². The standard InChI is InChI=1S/C25H35N5O7/c1-4-34-22(31)14-21(24(32)35-5-2)29-12-10-28(11-13-29)15-20-16-30(25(33)36-20)19-8-6-18(7-9-19)23-26-17(3)37-27-23/h6-9,17,20-21H,4-5,10-16H2,1-3H3,(H,26,27). The maximum absolute atomic E-state index is 12.6. The molecule has 3 atom stereocenters. The largest absolute Gasteiger partial charge is 0.466 e. The highest BCUT2D eigenvalue weighted by Crippen LogP contribution is 2.24. The summed E-state index contributed by atoms with van der Waals surface area (Å²) in [5, 5.41) is 0. The highest BCUT2D eigenvalue weighted by atomic mass is 16.7. The number of cyclic esters (lactones) is 1. The van der Waals surface area contributed by atoms with Gasteiger partial charge in [0.2, 0.25) is 0 Å². The molecule has 0 aromatic heterocycles. The third-order valence-corrected chi connectivity index (χ3v) is 6.50. The lowest BCUT2D eigenvalue weighted by Gasteiger charge is -2.38. The summed E-state index contributed by atoms with van der Waals surface area (Å²) in [5.74, 6) is -0.162. The number of benzene rings is 1. The number of anilines is 1. The lowest BCUT2D eigenvalue weighted by atomic mass is 10.1. The number of rotatable bonds is 10. The van der Waals surface area contributed by atoms with Crippen molar-refractivity contribution in [2.75, 3.05) is 57.4 Å². The number of carbonyl (C=O) groups excluding carboxylic acids is 3. The Morgan fingerprint density at radius 1 is 1.11 bits per heavy atom. The van der Waals surface area contributed by atoms with Gasteiger partial charge < -0.3 is 14.2 Å². The number of hydrogen-bond acceptors (Lipinski definition) is 11. The van der Waals surface area contributed by atoms with Gasteiger partial charge >= 0.3 is 18.0 Å².